The SMILES string of the molecule is OCc1ccc2nc(NCCCN3CCOCC3)n(Cc3cccc4cccnc34)c2c1. The highest BCUT2D eigenvalue weighted by atomic mass is 16.5. The molecule has 2 N–H and O–H groups in total. The fourth-order valence-electron chi connectivity index (χ4n) is 4.35. The van der Waals surface area contributed by atoms with Crippen molar-refractivity contribution in [3.63, 3.8) is 0 Å². The molecule has 7 heteroatoms. The second-order valence-corrected chi connectivity index (χ2v) is 8.23. The van der Waals surface area contributed by atoms with E-state index in [1.165, 1.54) is 0 Å². The molecule has 1 aliphatic heterocycles. The summed E-state index contributed by atoms with van der Waals surface area (Å²) >= 11 is 0. The van der Waals surface area contributed by atoms with Crippen molar-refractivity contribution in [1.82, 2.24) is 19.4 Å². The van der Waals surface area contributed by atoms with Gasteiger partial charge in [-0.3, -0.25) is 9.88 Å². The second kappa shape index (κ2) is 9.65. The predicted octanol–water partition coefficient (Wildman–Crippen LogP) is 3.26. The normalized spacial score (nSPS) is 14.9. The van der Waals surface area contributed by atoms with Crippen molar-refractivity contribution >= 4 is 27.9 Å². The number of pyridine rings is 1. The molecule has 1 saturated heterocycles. The van der Waals surface area contributed by atoms with E-state index in [4.69, 9.17) is 9.72 Å². The van der Waals surface area contributed by atoms with Gasteiger partial charge in [0.25, 0.3) is 0 Å². The third-order valence-electron chi connectivity index (χ3n) is 6.08. The molecule has 0 spiro atoms. The summed E-state index contributed by atoms with van der Waals surface area (Å²) in [5, 5.41) is 14.3. The van der Waals surface area contributed by atoms with Crippen LogP contribution < -0.4 is 5.32 Å². The third kappa shape index (κ3) is 4.46. The Labute approximate surface area is 187 Å². The lowest BCUT2D eigenvalue weighted by Gasteiger charge is -2.26. The van der Waals surface area contributed by atoms with Gasteiger partial charge in [0.05, 0.1) is 42.9 Å². The number of fused-ring (bicyclic) bond motifs is 2. The van der Waals surface area contributed by atoms with E-state index in [2.05, 4.69) is 44.0 Å². The fourth-order valence-corrected chi connectivity index (χ4v) is 4.35. The number of aliphatic hydroxyl groups excluding tert-OH is 1. The van der Waals surface area contributed by atoms with Gasteiger partial charge in [-0.2, -0.15) is 0 Å². The molecule has 1 aliphatic rings. The lowest BCUT2D eigenvalue weighted by Crippen LogP contribution is -2.37. The second-order valence-electron chi connectivity index (χ2n) is 8.23. The van der Waals surface area contributed by atoms with Crippen LogP contribution >= 0.6 is 0 Å². The van der Waals surface area contributed by atoms with Crippen LogP contribution in [-0.4, -0.2) is 63.9 Å². The molecular weight excluding hydrogens is 402 g/mol. The number of nitrogens with zero attached hydrogens (tertiary/aromatic N) is 4. The summed E-state index contributed by atoms with van der Waals surface area (Å²) in [6.45, 7) is 6.25. The van der Waals surface area contributed by atoms with Crippen LogP contribution in [0.3, 0.4) is 0 Å². The molecule has 5 rings (SSSR count). The summed E-state index contributed by atoms with van der Waals surface area (Å²) in [5.74, 6) is 0.852. The van der Waals surface area contributed by atoms with Crippen LogP contribution in [0.25, 0.3) is 21.9 Å². The number of aromatic nitrogens is 3. The first kappa shape index (κ1) is 20.9. The number of benzene rings is 2. The maximum absolute atomic E-state index is 9.65. The van der Waals surface area contributed by atoms with Crippen LogP contribution in [0, 0.1) is 0 Å². The molecule has 0 saturated carbocycles. The van der Waals surface area contributed by atoms with Crippen molar-refractivity contribution in [3.05, 3.63) is 65.9 Å². The summed E-state index contributed by atoms with van der Waals surface area (Å²) in [7, 11) is 0. The van der Waals surface area contributed by atoms with E-state index in [-0.39, 0.29) is 6.61 Å². The Balaban J connectivity index is 1.41. The van der Waals surface area contributed by atoms with Crippen molar-refractivity contribution in [1.29, 1.82) is 0 Å². The van der Waals surface area contributed by atoms with Crippen molar-refractivity contribution in [2.24, 2.45) is 0 Å². The highest BCUT2D eigenvalue weighted by Gasteiger charge is 2.14. The smallest absolute Gasteiger partial charge is 0.204 e. The molecular formula is C25H29N5O2. The number of ether oxygens (including phenoxy) is 1. The summed E-state index contributed by atoms with van der Waals surface area (Å²) in [6.07, 6.45) is 2.88. The van der Waals surface area contributed by atoms with Crippen LogP contribution in [0.15, 0.2) is 54.7 Å². The molecule has 1 fully saturated rings. The molecule has 166 valence electrons. The van der Waals surface area contributed by atoms with Crippen LogP contribution in [0.4, 0.5) is 5.95 Å². The molecule has 7 nitrogen and oxygen atoms in total. The lowest BCUT2D eigenvalue weighted by molar-refractivity contribution is 0.0378. The number of anilines is 1. The molecule has 2 aromatic heterocycles. The Bertz CT molecular complexity index is 1190. The Hall–Kier alpha value is -3.00. The van der Waals surface area contributed by atoms with Gasteiger partial charge in [0.2, 0.25) is 5.95 Å². The summed E-state index contributed by atoms with van der Waals surface area (Å²) < 4.78 is 7.64. The van der Waals surface area contributed by atoms with Gasteiger partial charge in [0.1, 0.15) is 0 Å². The molecule has 4 aromatic rings. The van der Waals surface area contributed by atoms with Gasteiger partial charge >= 0.3 is 0 Å². The van der Waals surface area contributed by atoms with E-state index in [0.717, 1.165) is 84.8 Å². The number of morpholine rings is 1. The van der Waals surface area contributed by atoms with Crippen molar-refractivity contribution in [3.8, 4) is 0 Å². The van der Waals surface area contributed by atoms with Gasteiger partial charge < -0.3 is 19.7 Å². The number of hydrogen-bond acceptors (Lipinski definition) is 6. The monoisotopic (exact) mass is 431 g/mol. The van der Waals surface area contributed by atoms with E-state index in [9.17, 15) is 5.11 Å². The van der Waals surface area contributed by atoms with Gasteiger partial charge in [0, 0.05) is 31.2 Å². The summed E-state index contributed by atoms with van der Waals surface area (Å²) in [5.41, 5.74) is 4.97. The Morgan fingerprint density at radius 1 is 1.06 bits per heavy atom. The number of hydrogen-bond donors (Lipinski definition) is 2. The first-order valence-corrected chi connectivity index (χ1v) is 11.3. The average Bonchev–Trinajstić information content (AvgIpc) is 3.19. The molecule has 0 aliphatic carbocycles. The largest absolute Gasteiger partial charge is 0.392 e. The molecule has 3 heterocycles. The van der Waals surface area contributed by atoms with Crippen molar-refractivity contribution in [2.45, 2.75) is 19.6 Å². The minimum Gasteiger partial charge on any atom is -0.392 e. The fraction of sp³-hybridized carbons (Fsp3) is 0.360. The van der Waals surface area contributed by atoms with Gasteiger partial charge in [-0.15, -0.1) is 0 Å². The van der Waals surface area contributed by atoms with Gasteiger partial charge in [-0.25, -0.2) is 4.98 Å². The topological polar surface area (TPSA) is 75.4 Å². The third-order valence-corrected chi connectivity index (χ3v) is 6.08. The maximum Gasteiger partial charge on any atom is 0.204 e. The van der Waals surface area contributed by atoms with E-state index < -0.39 is 0 Å². The average molecular weight is 432 g/mol. The predicted molar refractivity (Wildman–Crippen MR) is 127 cm³/mol. The standard InChI is InChI=1S/C25H29N5O2/c31-18-19-7-8-22-23(16-19)30(17-21-5-1-4-20-6-2-9-26-24(20)21)25(28-22)27-10-3-11-29-12-14-32-15-13-29/h1-2,4-9,16,31H,3,10-15,17-18H2,(H,27,28). The van der Waals surface area contributed by atoms with E-state index in [1.54, 1.807) is 0 Å². The number of aliphatic hydroxyl groups is 1. The molecule has 0 amide bonds. The molecule has 0 unspecified atom stereocenters. The number of rotatable bonds is 8. The van der Waals surface area contributed by atoms with Gasteiger partial charge in [0.15, 0.2) is 0 Å². The van der Waals surface area contributed by atoms with Crippen LogP contribution in [0.1, 0.15) is 17.5 Å². The number of imidazole rings is 1. The highest BCUT2D eigenvalue weighted by molar-refractivity contribution is 5.83. The van der Waals surface area contributed by atoms with Crippen LogP contribution in [0.5, 0.6) is 0 Å². The lowest BCUT2D eigenvalue weighted by atomic mass is 10.1. The zero-order valence-corrected chi connectivity index (χ0v) is 18.2. The Morgan fingerprint density at radius 2 is 1.94 bits per heavy atom. The van der Waals surface area contributed by atoms with Crippen LogP contribution in [-0.2, 0) is 17.9 Å². The summed E-state index contributed by atoms with van der Waals surface area (Å²) in [4.78, 5) is 11.9. The minimum absolute atomic E-state index is 0.0131. The zero-order valence-electron chi connectivity index (χ0n) is 18.2. The number of para-hydroxylation sites is 1. The Morgan fingerprint density at radius 3 is 2.81 bits per heavy atom. The molecule has 0 radical (unpaired) electrons. The molecule has 0 bridgehead atoms. The van der Waals surface area contributed by atoms with Crippen molar-refractivity contribution < 1.29 is 9.84 Å². The van der Waals surface area contributed by atoms with E-state index in [1.807, 2.05) is 30.5 Å². The van der Waals surface area contributed by atoms with Crippen LogP contribution in [0.2, 0.25) is 0 Å². The minimum atomic E-state index is 0.0131. The number of nitrogens with one attached hydrogen (secondary N) is 1. The quantitative estimate of drug-likeness (QED) is 0.417. The van der Waals surface area contributed by atoms with Gasteiger partial charge in [-0.1, -0.05) is 30.3 Å². The first-order valence-electron chi connectivity index (χ1n) is 11.3. The van der Waals surface area contributed by atoms with Gasteiger partial charge in [-0.05, 0) is 42.3 Å². The molecule has 2 aromatic carbocycles. The highest BCUT2D eigenvalue weighted by Crippen LogP contribution is 2.25. The van der Waals surface area contributed by atoms with E-state index in [0.29, 0.717) is 6.54 Å². The first-order chi connectivity index (χ1) is 15.8. The zero-order chi connectivity index (χ0) is 21.8. The van der Waals surface area contributed by atoms with Crippen molar-refractivity contribution in [2.75, 3.05) is 44.7 Å². The Kier molecular flexibility index (Phi) is 6.29. The summed E-state index contributed by atoms with van der Waals surface area (Å²) in [6, 6.07) is 16.3. The molecule has 32 heavy (non-hydrogen) atoms. The molecule has 0 atom stereocenters. The van der Waals surface area contributed by atoms with E-state index >= 15 is 0 Å². The maximum atomic E-state index is 9.65.